The van der Waals surface area contributed by atoms with E-state index in [1.807, 2.05) is 36.4 Å². The summed E-state index contributed by atoms with van der Waals surface area (Å²) in [5.41, 5.74) is 3.05. The van der Waals surface area contributed by atoms with Crippen LogP contribution in [-0.2, 0) is 6.54 Å². The fraction of sp³-hybridized carbons (Fsp3) is 0.111. The van der Waals surface area contributed by atoms with E-state index in [1.54, 1.807) is 12.5 Å². The number of nitrogens with one attached hydrogen (secondary N) is 3. The minimum absolute atomic E-state index is 0.521. The van der Waals surface area contributed by atoms with E-state index in [9.17, 15) is 0 Å². The Balaban J connectivity index is 1.52. The number of nitrogens with zero attached hydrogens (tertiary/aromatic N) is 1. The van der Waals surface area contributed by atoms with Crippen molar-refractivity contribution >= 4 is 34.5 Å². The van der Waals surface area contributed by atoms with Crippen LogP contribution in [0.2, 0.25) is 0 Å². The molecule has 6 heteroatoms. The first-order valence-corrected chi connectivity index (χ1v) is 7.97. The highest BCUT2D eigenvalue weighted by Gasteiger charge is 2.01. The van der Waals surface area contributed by atoms with Gasteiger partial charge in [-0.15, -0.1) is 0 Å². The monoisotopic (exact) mass is 338 g/mol. The molecule has 5 nitrogen and oxygen atoms in total. The number of hydrogen-bond acceptors (Lipinski definition) is 4. The highest BCUT2D eigenvalue weighted by Crippen LogP contribution is 2.16. The first-order valence-electron chi connectivity index (χ1n) is 7.56. The molecule has 0 saturated carbocycles. The zero-order valence-corrected chi connectivity index (χ0v) is 14.1. The van der Waals surface area contributed by atoms with Crippen molar-refractivity contribution in [1.29, 1.82) is 0 Å². The third-order valence-electron chi connectivity index (χ3n) is 3.35. The summed E-state index contributed by atoms with van der Waals surface area (Å²) in [5, 5.41) is 9.94. The maximum atomic E-state index is 5.25. The summed E-state index contributed by atoms with van der Waals surface area (Å²) < 4.78 is 5.24. The molecule has 0 bridgehead atoms. The Morgan fingerprint density at radius 1 is 1.08 bits per heavy atom. The normalized spacial score (nSPS) is 10.2. The highest BCUT2D eigenvalue weighted by molar-refractivity contribution is 7.80. The van der Waals surface area contributed by atoms with E-state index < -0.39 is 0 Å². The van der Waals surface area contributed by atoms with E-state index in [0.717, 1.165) is 23.0 Å². The van der Waals surface area contributed by atoms with Gasteiger partial charge in [0.25, 0.3) is 0 Å². The molecule has 0 aliphatic rings. The second-order valence-corrected chi connectivity index (χ2v) is 5.72. The van der Waals surface area contributed by atoms with Crippen molar-refractivity contribution in [3.05, 3.63) is 72.3 Å². The van der Waals surface area contributed by atoms with Gasteiger partial charge in [-0.2, -0.15) is 0 Å². The van der Waals surface area contributed by atoms with Crippen LogP contribution in [0.5, 0.6) is 0 Å². The number of rotatable bonds is 5. The smallest absolute Gasteiger partial charge is 0.171 e. The Morgan fingerprint density at radius 2 is 1.88 bits per heavy atom. The molecule has 3 rings (SSSR count). The molecule has 3 N–H and O–H groups in total. The van der Waals surface area contributed by atoms with Crippen molar-refractivity contribution < 1.29 is 4.42 Å². The quantitative estimate of drug-likeness (QED) is 0.606. The van der Waals surface area contributed by atoms with Crippen molar-refractivity contribution in [1.82, 2.24) is 10.3 Å². The van der Waals surface area contributed by atoms with Crippen LogP contribution in [-0.4, -0.2) is 10.1 Å². The standard InChI is InChI=1S/C18H18N4OS/c1-13-4-6-14(7-5-13)21-17-9-8-15(11-19-17)22-18(24)20-12-16-3-2-10-23-16/h2-11H,12H2,1H3,(H,19,21)(H2,20,22,24). The third-order valence-corrected chi connectivity index (χ3v) is 3.60. The van der Waals surface area contributed by atoms with Gasteiger partial charge in [0.05, 0.1) is 24.7 Å². The van der Waals surface area contributed by atoms with Crippen LogP contribution in [0, 0.1) is 6.92 Å². The van der Waals surface area contributed by atoms with E-state index in [-0.39, 0.29) is 0 Å². The Hall–Kier alpha value is -2.86. The summed E-state index contributed by atoms with van der Waals surface area (Å²) in [6.45, 7) is 2.60. The Kier molecular flexibility index (Phi) is 5.08. The Morgan fingerprint density at radius 3 is 2.54 bits per heavy atom. The minimum Gasteiger partial charge on any atom is -0.467 e. The van der Waals surface area contributed by atoms with Crippen LogP contribution in [0.1, 0.15) is 11.3 Å². The molecule has 2 aromatic heterocycles. The topological polar surface area (TPSA) is 62.1 Å². The molecule has 2 heterocycles. The van der Waals surface area contributed by atoms with E-state index in [0.29, 0.717) is 11.7 Å². The van der Waals surface area contributed by atoms with Gasteiger partial charge >= 0.3 is 0 Å². The van der Waals surface area contributed by atoms with Crippen LogP contribution in [0.4, 0.5) is 17.2 Å². The second-order valence-electron chi connectivity index (χ2n) is 5.31. The summed E-state index contributed by atoms with van der Waals surface area (Å²) in [6.07, 6.45) is 3.37. The molecule has 0 saturated heterocycles. The van der Waals surface area contributed by atoms with Gasteiger partial charge in [-0.25, -0.2) is 4.98 Å². The fourth-order valence-corrected chi connectivity index (χ4v) is 2.27. The lowest BCUT2D eigenvalue weighted by molar-refractivity contribution is 0.503. The van der Waals surface area contributed by atoms with Crippen LogP contribution in [0.3, 0.4) is 0 Å². The maximum absolute atomic E-state index is 5.25. The van der Waals surface area contributed by atoms with Crippen molar-refractivity contribution in [3.63, 3.8) is 0 Å². The summed E-state index contributed by atoms with van der Waals surface area (Å²) in [7, 11) is 0. The van der Waals surface area contributed by atoms with Gasteiger partial charge < -0.3 is 20.4 Å². The maximum Gasteiger partial charge on any atom is 0.171 e. The molecule has 3 aromatic rings. The van der Waals surface area contributed by atoms with Crippen molar-refractivity contribution in [2.24, 2.45) is 0 Å². The summed E-state index contributed by atoms with van der Waals surface area (Å²) in [6, 6.07) is 15.7. The van der Waals surface area contributed by atoms with Gasteiger partial charge in [0.2, 0.25) is 0 Å². The number of benzene rings is 1. The molecule has 0 aliphatic carbocycles. The number of anilines is 3. The lowest BCUT2D eigenvalue weighted by atomic mass is 10.2. The van der Waals surface area contributed by atoms with Crippen LogP contribution >= 0.6 is 12.2 Å². The lowest BCUT2D eigenvalue weighted by Crippen LogP contribution is -2.27. The molecule has 122 valence electrons. The molecule has 0 unspecified atom stereocenters. The first-order chi connectivity index (χ1) is 11.7. The number of pyridine rings is 1. The number of hydrogen-bond donors (Lipinski definition) is 3. The summed E-state index contributed by atoms with van der Waals surface area (Å²) in [5.74, 6) is 1.61. The Labute approximate surface area is 146 Å². The predicted octanol–water partition coefficient (Wildman–Crippen LogP) is 4.21. The number of thiocarbonyl (C=S) groups is 1. The van der Waals surface area contributed by atoms with Crippen molar-refractivity contribution in [2.75, 3.05) is 10.6 Å². The SMILES string of the molecule is Cc1ccc(Nc2ccc(NC(=S)NCc3ccco3)cn2)cc1. The van der Waals surface area contributed by atoms with E-state index in [4.69, 9.17) is 16.6 Å². The van der Waals surface area contributed by atoms with E-state index >= 15 is 0 Å². The zero-order valence-electron chi connectivity index (χ0n) is 13.2. The van der Waals surface area contributed by atoms with Gasteiger partial charge in [0.1, 0.15) is 11.6 Å². The number of aromatic nitrogens is 1. The van der Waals surface area contributed by atoms with Gasteiger partial charge in [0.15, 0.2) is 5.11 Å². The second kappa shape index (κ2) is 7.61. The van der Waals surface area contributed by atoms with E-state index in [1.165, 1.54) is 5.56 Å². The summed E-state index contributed by atoms with van der Waals surface area (Å²) >= 11 is 5.25. The average Bonchev–Trinajstić information content (AvgIpc) is 3.10. The third kappa shape index (κ3) is 4.57. The number of aryl methyl sites for hydroxylation is 1. The first kappa shape index (κ1) is 16.0. The molecule has 1 aromatic carbocycles. The zero-order chi connectivity index (χ0) is 16.8. The highest BCUT2D eigenvalue weighted by atomic mass is 32.1. The molecular weight excluding hydrogens is 320 g/mol. The summed E-state index contributed by atoms with van der Waals surface area (Å²) in [4.78, 5) is 4.38. The van der Waals surface area contributed by atoms with E-state index in [2.05, 4.69) is 40.0 Å². The van der Waals surface area contributed by atoms with Gasteiger partial charge in [0, 0.05) is 5.69 Å². The van der Waals surface area contributed by atoms with Crippen LogP contribution < -0.4 is 16.0 Å². The largest absolute Gasteiger partial charge is 0.467 e. The molecular formula is C18H18N4OS. The Bertz CT molecular complexity index is 783. The lowest BCUT2D eigenvalue weighted by Gasteiger charge is -2.10. The fourth-order valence-electron chi connectivity index (χ4n) is 2.08. The molecule has 24 heavy (non-hydrogen) atoms. The minimum atomic E-state index is 0.521. The van der Waals surface area contributed by atoms with Gasteiger partial charge in [-0.05, 0) is 55.5 Å². The predicted molar refractivity (Wildman–Crippen MR) is 100 cm³/mol. The molecule has 0 radical (unpaired) electrons. The average molecular weight is 338 g/mol. The molecule has 0 fully saturated rings. The molecule has 0 aliphatic heterocycles. The molecule has 0 spiro atoms. The van der Waals surface area contributed by atoms with Gasteiger partial charge in [-0.1, -0.05) is 17.7 Å². The van der Waals surface area contributed by atoms with Crippen molar-refractivity contribution in [3.8, 4) is 0 Å². The van der Waals surface area contributed by atoms with Crippen molar-refractivity contribution in [2.45, 2.75) is 13.5 Å². The van der Waals surface area contributed by atoms with Crippen LogP contribution in [0.25, 0.3) is 0 Å². The van der Waals surface area contributed by atoms with Gasteiger partial charge in [-0.3, -0.25) is 0 Å². The molecule has 0 atom stereocenters. The number of furan rings is 1. The molecule has 0 amide bonds. The van der Waals surface area contributed by atoms with Crippen LogP contribution in [0.15, 0.2) is 65.4 Å².